The van der Waals surface area contributed by atoms with E-state index in [2.05, 4.69) is 13.8 Å². The number of halogens is 1. The van der Waals surface area contributed by atoms with Gasteiger partial charge in [0.15, 0.2) is 0 Å². The molecule has 76 valence electrons. The first-order valence-corrected chi connectivity index (χ1v) is 5.07. The van der Waals surface area contributed by atoms with Crippen LogP contribution in [0.1, 0.15) is 25.3 Å². The van der Waals surface area contributed by atoms with E-state index in [0.717, 1.165) is 5.56 Å². The van der Waals surface area contributed by atoms with E-state index < -0.39 is 0 Å². The molecule has 1 aliphatic rings. The molecule has 1 aliphatic carbocycles. The minimum absolute atomic E-state index is 0.0441. The van der Waals surface area contributed by atoms with Gasteiger partial charge in [-0.1, -0.05) is 31.5 Å². The van der Waals surface area contributed by atoms with Gasteiger partial charge >= 0.3 is 0 Å². The molecule has 0 saturated heterocycles. The van der Waals surface area contributed by atoms with Crippen molar-refractivity contribution < 1.29 is 5.11 Å². The fourth-order valence-electron chi connectivity index (χ4n) is 2.06. The zero-order valence-corrected chi connectivity index (χ0v) is 9.05. The van der Waals surface area contributed by atoms with Gasteiger partial charge in [-0.05, 0) is 17.5 Å². The second-order valence-corrected chi connectivity index (χ2v) is 4.90. The molecule has 1 saturated carbocycles. The van der Waals surface area contributed by atoms with Crippen LogP contribution in [0.4, 0.5) is 0 Å². The largest absolute Gasteiger partial charge is 0.508 e. The molecule has 2 nitrogen and oxygen atoms in total. The lowest BCUT2D eigenvalue weighted by atomic mass is 10.0. The molecule has 0 radical (unpaired) electrons. The molecule has 3 N–H and O–H groups in total. The fourth-order valence-corrected chi connectivity index (χ4v) is 2.35. The van der Waals surface area contributed by atoms with E-state index >= 15 is 0 Å². The van der Waals surface area contributed by atoms with Crippen LogP contribution < -0.4 is 5.73 Å². The Labute approximate surface area is 88.7 Å². The predicted octanol–water partition coefficient (Wildman–Crippen LogP) is 2.50. The highest BCUT2D eigenvalue weighted by Crippen LogP contribution is 2.60. The van der Waals surface area contributed by atoms with Crippen molar-refractivity contribution in [1.82, 2.24) is 0 Å². The van der Waals surface area contributed by atoms with Crippen molar-refractivity contribution in [3.05, 3.63) is 28.8 Å². The average Bonchev–Trinajstić information content (AvgIpc) is 2.54. The minimum Gasteiger partial charge on any atom is -0.508 e. The summed E-state index contributed by atoms with van der Waals surface area (Å²) in [4.78, 5) is 0. The molecule has 0 amide bonds. The van der Waals surface area contributed by atoms with E-state index in [4.69, 9.17) is 17.3 Å². The molecule has 2 rings (SSSR count). The van der Waals surface area contributed by atoms with E-state index in [1.165, 1.54) is 0 Å². The zero-order valence-electron chi connectivity index (χ0n) is 8.29. The highest BCUT2D eigenvalue weighted by atomic mass is 35.5. The van der Waals surface area contributed by atoms with Gasteiger partial charge in [0.05, 0.1) is 0 Å². The van der Waals surface area contributed by atoms with Crippen LogP contribution >= 0.6 is 11.6 Å². The molecule has 14 heavy (non-hydrogen) atoms. The molecule has 2 unspecified atom stereocenters. The topological polar surface area (TPSA) is 46.2 Å². The summed E-state index contributed by atoms with van der Waals surface area (Å²) in [6.07, 6.45) is 0. The lowest BCUT2D eigenvalue weighted by molar-refractivity contribution is 0.464. The van der Waals surface area contributed by atoms with E-state index in [1.807, 2.05) is 0 Å². The highest BCUT2D eigenvalue weighted by Gasteiger charge is 2.57. The fraction of sp³-hybridized carbons (Fsp3) is 0.455. The smallest absolute Gasteiger partial charge is 0.120 e. The van der Waals surface area contributed by atoms with E-state index in [0.29, 0.717) is 5.02 Å². The Morgan fingerprint density at radius 2 is 2.00 bits per heavy atom. The monoisotopic (exact) mass is 211 g/mol. The molecule has 0 spiro atoms. The molecular weight excluding hydrogens is 198 g/mol. The lowest BCUT2D eigenvalue weighted by Crippen LogP contribution is -2.06. The SMILES string of the molecule is CC1(C)C(N)C1c1c(O)cccc1Cl. The van der Waals surface area contributed by atoms with Crippen molar-refractivity contribution in [2.24, 2.45) is 11.1 Å². The van der Waals surface area contributed by atoms with Gasteiger partial charge in [0, 0.05) is 22.5 Å². The Morgan fingerprint density at radius 3 is 2.43 bits per heavy atom. The van der Waals surface area contributed by atoms with Crippen molar-refractivity contribution in [2.75, 3.05) is 0 Å². The van der Waals surface area contributed by atoms with Crippen molar-refractivity contribution in [3.8, 4) is 5.75 Å². The minimum atomic E-state index is 0.0441. The summed E-state index contributed by atoms with van der Waals surface area (Å²) in [5, 5.41) is 10.3. The van der Waals surface area contributed by atoms with E-state index in [-0.39, 0.29) is 23.1 Å². The molecular formula is C11H14ClNO. The maximum Gasteiger partial charge on any atom is 0.120 e. The Morgan fingerprint density at radius 1 is 1.43 bits per heavy atom. The maximum absolute atomic E-state index is 9.71. The summed E-state index contributed by atoms with van der Waals surface area (Å²) in [6.45, 7) is 4.18. The van der Waals surface area contributed by atoms with Crippen LogP contribution in [0.15, 0.2) is 18.2 Å². The van der Waals surface area contributed by atoms with Crippen LogP contribution in [0, 0.1) is 5.41 Å². The van der Waals surface area contributed by atoms with Gasteiger partial charge in [-0.3, -0.25) is 0 Å². The number of hydrogen-bond acceptors (Lipinski definition) is 2. The van der Waals surface area contributed by atoms with Gasteiger partial charge in [-0.15, -0.1) is 0 Å². The van der Waals surface area contributed by atoms with E-state index in [1.54, 1.807) is 18.2 Å². The molecule has 1 aromatic rings. The average molecular weight is 212 g/mol. The number of phenols is 1. The first-order chi connectivity index (χ1) is 6.46. The number of hydrogen-bond donors (Lipinski definition) is 2. The van der Waals surface area contributed by atoms with Crippen LogP contribution in [0.3, 0.4) is 0 Å². The second-order valence-electron chi connectivity index (χ2n) is 4.50. The van der Waals surface area contributed by atoms with Crippen molar-refractivity contribution >= 4 is 11.6 Å². The maximum atomic E-state index is 9.71. The Hall–Kier alpha value is -0.730. The molecule has 0 aromatic heterocycles. The van der Waals surface area contributed by atoms with Crippen LogP contribution in [0.5, 0.6) is 5.75 Å². The van der Waals surface area contributed by atoms with Crippen molar-refractivity contribution in [1.29, 1.82) is 0 Å². The van der Waals surface area contributed by atoms with Crippen LogP contribution in [0.2, 0.25) is 5.02 Å². The predicted molar refractivity (Wildman–Crippen MR) is 57.6 cm³/mol. The van der Waals surface area contributed by atoms with Crippen LogP contribution in [-0.2, 0) is 0 Å². The summed E-state index contributed by atoms with van der Waals surface area (Å²) in [5.41, 5.74) is 6.79. The third-order valence-corrected chi connectivity index (χ3v) is 3.58. The molecule has 3 heteroatoms. The van der Waals surface area contributed by atoms with Gasteiger partial charge in [-0.2, -0.15) is 0 Å². The van der Waals surface area contributed by atoms with E-state index in [9.17, 15) is 5.11 Å². The number of benzene rings is 1. The van der Waals surface area contributed by atoms with Crippen molar-refractivity contribution in [3.63, 3.8) is 0 Å². The normalized spacial score (nSPS) is 28.9. The Bertz CT molecular complexity index is 355. The highest BCUT2D eigenvalue weighted by molar-refractivity contribution is 6.31. The third-order valence-electron chi connectivity index (χ3n) is 3.25. The first kappa shape index (κ1) is 9.81. The summed E-state index contributed by atoms with van der Waals surface area (Å²) in [5.74, 6) is 0.430. The molecule has 0 bridgehead atoms. The quantitative estimate of drug-likeness (QED) is 0.750. The summed E-state index contributed by atoms with van der Waals surface area (Å²) in [6, 6.07) is 5.27. The standard InChI is InChI=1S/C11H14ClNO/c1-11(2)9(10(11)13)8-6(12)4-3-5-7(8)14/h3-5,9-10,14H,13H2,1-2H3. The number of aromatic hydroxyl groups is 1. The van der Waals surface area contributed by atoms with Gasteiger partial charge < -0.3 is 10.8 Å². The molecule has 2 atom stereocenters. The van der Waals surface area contributed by atoms with Gasteiger partial charge in [-0.25, -0.2) is 0 Å². The van der Waals surface area contributed by atoms with Crippen LogP contribution in [0.25, 0.3) is 0 Å². The summed E-state index contributed by atoms with van der Waals surface area (Å²) in [7, 11) is 0. The number of phenolic OH excluding ortho intramolecular Hbond substituents is 1. The first-order valence-electron chi connectivity index (χ1n) is 4.69. The third kappa shape index (κ3) is 1.22. The lowest BCUT2D eigenvalue weighted by Gasteiger charge is -2.07. The Balaban J connectivity index is 2.44. The molecule has 1 aromatic carbocycles. The van der Waals surface area contributed by atoms with Gasteiger partial charge in [0.25, 0.3) is 0 Å². The zero-order chi connectivity index (χ0) is 10.5. The Kier molecular flexibility index (Phi) is 2.02. The van der Waals surface area contributed by atoms with Crippen LogP contribution in [-0.4, -0.2) is 11.1 Å². The van der Waals surface area contributed by atoms with Gasteiger partial charge in [0.1, 0.15) is 5.75 Å². The molecule has 0 aliphatic heterocycles. The van der Waals surface area contributed by atoms with Gasteiger partial charge in [0.2, 0.25) is 0 Å². The number of nitrogens with two attached hydrogens (primary N) is 1. The molecule has 1 fully saturated rings. The van der Waals surface area contributed by atoms with Crippen molar-refractivity contribution in [2.45, 2.75) is 25.8 Å². The number of rotatable bonds is 1. The molecule has 0 heterocycles. The summed E-state index contributed by atoms with van der Waals surface area (Å²) < 4.78 is 0. The second kappa shape index (κ2) is 2.88. The summed E-state index contributed by atoms with van der Waals surface area (Å²) >= 11 is 6.04.